The Labute approximate surface area is 183 Å². The van der Waals surface area contributed by atoms with E-state index in [0.29, 0.717) is 0 Å². The zero-order valence-corrected chi connectivity index (χ0v) is 19.5. The Morgan fingerprint density at radius 1 is 1.13 bits per heavy atom. The molecule has 1 aliphatic rings. The highest BCUT2D eigenvalue weighted by Crippen LogP contribution is 2.24. The Morgan fingerprint density at radius 2 is 1.84 bits per heavy atom. The minimum Gasteiger partial charge on any atom is -0.326 e. The van der Waals surface area contributed by atoms with Crippen molar-refractivity contribution < 1.29 is 9.80 Å². The van der Waals surface area contributed by atoms with Gasteiger partial charge in [0.2, 0.25) is 5.82 Å². The molecular formula is C23H35N7O+2. The van der Waals surface area contributed by atoms with Crippen molar-refractivity contribution >= 4 is 10.9 Å². The van der Waals surface area contributed by atoms with Crippen molar-refractivity contribution in [2.45, 2.75) is 53.1 Å². The predicted molar refractivity (Wildman–Crippen MR) is 121 cm³/mol. The number of H-pyrrole nitrogens is 1. The maximum Gasteiger partial charge on any atom is 0.258 e. The lowest BCUT2D eigenvalue weighted by molar-refractivity contribution is -1.02. The number of nitrogens with one attached hydrogen (secondary N) is 3. The summed E-state index contributed by atoms with van der Waals surface area (Å²) in [5, 5.41) is 13.8. The maximum atomic E-state index is 13.4. The van der Waals surface area contributed by atoms with Crippen LogP contribution in [-0.2, 0) is 5.54 Å². The van der Waals surface area contributed by atoms with Crippen LogP contribution in [0.3, 0.4) is 0 Å². The fourth-order valence-electron chi connectivity index (χ4n) is 4.88. The van der Waals surface area contributed by atoms with E-state index in [1.165, 1.54) is 10.5 Å². The molecule has 0 spiro atoms. The second kappa shape index (κ2) is 8.16. The third-order valence-electron chi connectivity index (χ3n) is 6.53. The number of likely N-dealkylation sites (N-methyl/N-ethyl adjacent to an activating group) is 1. The lowest BCUT2D eigenvalue weighted by Gasteiger charge is -2.34. The number of nitrogens with zero attached hydrogens (tertiary/aromatic N) is 4. The maximum absolute atomic E-state index is 13.4. The smallest absolute Gasteiger partial charge is 0.258 e. The van der Waals surface area contributed by atoms with Gasteiger partial charge in [0.05, 0.1) is 23.2 Å². The summed E-state index contributed by atoms with van der Waals surface area (Å²) in [6, 6.07) is 6.10. The van der Waals surface area contributed by atoms with Crippen LogP contribution in [0.1, 0.15) is 56.3 Å². The van der Waals surface area contributed by atoms with Gasteiger partial charge in [-0.05, 0) is 75.1 Å². The third kappa shape index (κ3) is 4.14. The van der Waals surface area contributed by atoms with Crippen molar-refractivity contribution in [1.82, 2.24) is 25.2 Å². The van der Waals surface area contributed by atoms with Crippen LogP contribution in [0.15, 0.2) is 23.0 Å². The van der Waals surface area contributed by atoms with E-state index in [2.05, 4.69) is 73.3 Å². The standard InChI is InChI=1S/C23H33N7O/c1-7-28-8-10-29(11-9-28)20(21-25-26-27-30(21)23(4,5)6)18-14-17-13-15(2)12-16(3)19(17)24-22(18)31/h12-14,20H,7-11H2,1-6H3,(H,24,31)/p+2/t20-/m0/s1. The summed E-state index contributed by atoms with van der Waals surface area (Å²) in [5.41, 5.74) is 3.60. The van der Waals surface area contributed by atoms with E-state index in [1.807, 2.05) is 11.6 Å². The number of pyridine rings is 1. The fraction of sp³-hybridized carbons (Fsp3) is 0.565. The van der Waals surface area contributed by atoms with Gasteiger partial charge in [-0.25, -0.2) is 4.68 Å². The van der Waals surface area contributed by atoms with Crippen LogP contribution in [0.25, 0.3) is 10.9 Å². The summed E-state index contributed by atoms with van der Waals surface area (Å²) in [7, 11) is 0. The number of tetrazole rings is 1. The van der Waals surface area contributed by atoms with Crippen molar-refractivity contribution in [3.05, 3.63) is 51.1 Å². The van der Waals surface area contributed by atoms with Crippen molar-refractivity contribution in [2.24, 2.45) is 0 Å². The molecule has 3 aromatic rings. The van der Waals surface area contributed by atoms with Crippen molar-refractivity contribution in [1.29, 1.82) is 0 Å². The number of hydrogen-bond donors (Lipinski definition) is 3. The number of aromatic amines is 1. The van der Waals surface area contributed by atoms with E-state index in [0.717, 1.165) is 60.6 Å². The SMILES string of the molecule is CC[NH+]1CC[NH+]([C@@H](c2cc3cc(C)cc(C)c3[nH]c2=O)c2nnnn2C(C)(C)C)CC1. The van der Waals surface area contributed by atoms with E-state index >= 15 is 0 Å². The number of piperazine rings is 1. The van der Waals surface area contributed by atoms with Gasteiger partial charge in [-0.2, -0.15) is 0 Å². The van der Waals surface area contributed by atoms with Gasteiger partial charge in [-0.1, -0.05) is 11.6 Å². The van der Waals surface area contributed by atoms with E-state index in [4.69, 9.17) is 0 Å². The Morgan fingerprint density at radius 3 is 2.48 bits per heavy atom. The van der Waals surface area contributed by atoms with E-state index in [9.17, 15) is 4.79 Å². The summed E-state index contributed by atoms with van der Waals surface area (Å²) in [6.45, 7) is 17.9. The van der Waals surface area contributed by atoms with E-state index in [-0.39, 0.29) is 17.1 Å². The highest BCUT2D eigenvalue weighted by Gasteiger charge is 2.38. The molecule has 0 unspecified atom stereocenters. The summed E-state index contributed by atoms with van der Waals surface area (Å²) >= 11 is 0. The first-order chi connectivity index (χ1) is 14.7. The van der Waals surface area contributed by atoms with Crippen LogP contribution in [-0.4, -0.2) is 57.9 Å². The molecule has 4 rings (SSSR count). The zero-order chi connectivity index (χ0) is 22.3. The number of aromatic nitrogens is 5. The van der Waals surface area contributed by atoms with Gasteiger partial charge in [0.25, 0.3) is 5.56 Å². The molecule has 31 heavy (non-hydrogen) atoms. The Kier molecular flexibility index (Phi) is 5.70. The topological polar surface area (TPSA) is 85.3 Å². The Balaban J connectivity index is 1.89. The quantitative estimate of drug-likeness (QED) is 0.540. The normalized spacial score (nSPS) is 20.8. The molecule has 1 aromatic carbocycles. The van der Waals surface area contributed by atoms with Gasteiger partial charge in [-0.3, -0.25) is 4.79 Å². The molecule has 0 radical (unpaired) electrons. The summed E-state index contributed by atoms with van der Waals surface area (Å²) in [6.07, 6.45) is 0. The first kappa shape index (κ1) is 21.6. The van der Waals surface area contributed by atoms with Gasteiger partial charge >= 0.3 is 0 Å². The van der Waals surface area contributed by atoms with Gasteiger partial charge in [-0.15, -0.1) is 5.10 Å². The summed E-state index contributed by atoms with van der Waals surface area (Å²) < 4.78 is 1.88. The summed E-state index contributed by atoms with van der Waals surface area (Å²) in [4.78, 5) is 19.5. The van der Waals surface area contributed by atoms with Crippen molar-refractivity contribution in [3.8, 4) is 0 Å². The molecule has 3 heterocycles. The molecule has 0 saturated carbocycles. The van der Waals surface area contributed by atoms with Gasteiger partial charge in [0.15, 0.2) is 6.04 Å². The molecule has 0 bridgehead atoms. The molecule has 1 saturated heterocycles. The number of hydrogen-bond acceptors (Lipinski definition) is 4. The predicted octanol–water partition coefficient (Wildman–Crippen LogP) is -0.221. The van der Waals surface area contributed by atoms with Gasteiger partial charge < -0.3 is 14.8 Å². The molecule has 1 fully saturated rings. The first-order valence-electron chi connectivity index (χ1n) is 11.3. The van der Waals surface area contributed by atoms with Crippen LogP contribution >= 0.6 is 0 Å². The lowest BCUT2D eigenvalue weighted by Crippen LogP contribution is -3.28. The minimum absolute atomic E-state index is 0.0503. The number of quaternary nitrogens is 2. The van der Waals surface area contributed by atoms with Crippen molar-refractivity contribution in [2.75, 3.05) is 32.7 Å². The van der Waals surface area contributed by atoms with Crippen molar-refractivity contribution in [3.63, 3.8) is 0 Å². The Hall–Kier alpha value is -2.58. The molecule has 3 N–H and O–H groups in total. The van der Waals surface area contributed by atoms with Crippen LogP contribution < -0.4 is 15.4 Å². The van der Waals surface area contributed by atoms with E-state index < -0.39 is 0 Å². The number of benzene rings is 1. The average molecular weight is 426 g/mol. The molecule has 2 aromatic heterocycles. The molecule has 1 aliphatic heterocycles. The molecule has 8 nitrogen and oxygen atoms in total. The Bertz CT molecular complexity index is 1130. The van der Waals surface area contributed by atoms with Crippen LogP contribution in [0.2, 0.25) is 0 Å². The zero-order valence-electron chi connectivity index (χ0n) is 19.5. The van der Waals surface area contributed by atoms with Crippen LogP contribution in [0, 0.1) is 13.8 Å². The average Bonchev–Trinajstić information content (AvgIpc) is 3.20. The fourth-order valence-corrected chi connectivity index (χ4v) is 4.88. The lowest BCUT2D eigenvalue weighted by atomic mass is 9.99. The highest BCUT2D eigenvalue weighted by molar-refractivity contribution is 5.83. The van der Waals surface area contributed by atoms with Gasteiger partial charge in [0.1, 0.15) is 26.2 Å². The van der Waals surface area contributed by atoms with Gasteiger partial charge in [0, 0.05) is 0 Å². The molecule has 0 aliphatic carbocycles. The molecule has 0 amide bonds. The second-order valence-corrected chi connectivity index (χ2v) is 9.91. The number of rotatable bonds is 4. The molecular weight excluding hydrogens is 390 g/mol. The third-order valence-corrected chi connectivity index (χ3v) is 6.53. The second-order valence-electron chi connectivity index (χ2n) is 9.91. The molecule has 8 heteroatoms. The van der Waals surface area contributed by atoms with Crippen LogP contribution in [0.5, 0.6) is 0 Å². The number of aryl methyl sites for hydroxylation is 2. The molecule has 1 atom stereocenters. The first-order valence-corrected chi connectivity index (χ1v) is 11.3. The number of fused-ring (bicyclic) bond motifs is 1. The highest BCUT2D eigenvalue weighted by atomic mass is 16.1. The van der Waals surface area contributed by atoms with Crippen LogP contribution in [0.4, 0.5) is 0 Å². The largest absolute Gasteiger partial charge is 0.326 e. The summed E-state index contributed by atoms with van der Waals surface area (Å²) in [5.74, 6) is 0.761. The van der Waals surface area contributed by atoms with E-state index in [1.54, 1.807) is 4.90 Å². The monoisotopic (exact) mass is 425 g/mol. The molecule has 166 valence electrons. The minimum atomic E-state index is -0.274.